The molecule has 156 valence electrons. The van der Waals surface area contributed by atoms with E-state index in [2.05, 4.69) is 10.00 Å². The molecule has 0 saturated carbocycles. The Hall–Kier alpha value is -3.33. The number of carboxylic acid groups (broad SMARTS) is 1. The topological polar surface area (TPSA) is 67.6 Å². The Morgan fingerprint density at radius 3 is 2.40 bits per heavy atom. The van der Waals surface area contributed by atoms with E-state index in [9.17, 15) is 23.1 Å². The van der Waals surface area contributed by atoms with Gasteiger partial charge in [0.25, 0.3) is 0 Å². The Morgan fingerprint density at radius 1 is 1.00 bits per heavy atom. The van der Waals surface area contributed by atoms with Gasteiger partial charge in [-0.15, -0.1) is 0 Å². The van der Waals surface area contributed by atoms with Gasteiger partial charge in [-0.3, -0.25) is 0 Å². The molecule has 0 bridgehead atoms. The molecule has 1 saturated heterocycles. The lowest BCUT2D eigenvalue weighted by molar-refractivity contribution is -0.137. The summed E-state index contributed by atoms with van der Waals surface area (Å²) in [5.41, 5.74) is 1.01. The highest BCUT2D eigenvalue weighted by Crippen LogP contribution is 2.32. The zero-order valence-electron chi connectivity index (χ0n) is 15.8. The molecule has 9 heteroatoms. The van der Waals surface area contributed by atoms with E-state index in [1.165, 1.54) is 22.9 Å². The standard InChI is InChI=1S/C21H18F3N3O3/c22-21(23,24)15-4-2-6-17(12-15)27-19(13-18(25-27)20(28)29)14-3-1-5-16(11-14)26-7-9-30-10-8-26/h1-6,11-13H,7-10H2,(H,28,29). The molecule has 1 aliphatic rings. The van der Waals surface area contributed by atoms with Crippen molar-refractivity contribution in [1.29, 1.82) is 0 Å². The predicted molar refractivity (Wildman–Crippen MR) is 104 cm³/mol. The first-order chi connectivity index (χ1) is 14.3. The molecular formula is C21H18F3N3O3. The molecule has 0 spiro atoms. The van der Waals surface area contributed by atoms with Crippen LogP contribution < -0.4 is 4.90 Å². The summed E-state index contributed by atoms with van der Waals surface area (Å²) in [6.45, 7) is 2.65. The zero-order valence-corrected chi connectivity index (χ0v) is 15.8. The maximum absolute atomic E-state index is 13.2. The predicted octanol–water partition coefficient (Wildman–Crippen LogP) is 4.09. The number of benzene rings is 2. The molecule has 6 nitrogen and oxygen atoms in total. The minimum absolute atomic E-state index is 0.129. The molecule has 2 aromatic carbocycles. The average Bonchev–Trinajstić information content (AvgIpc) is 3.20. The first-order valence-electron chi connectivity index (χ1n) is 9.27. The monoisotopic (exact) mass is 417 g/mol. The summed E-state index contributed by atoms with van der Waals surface area (Å²) in [5, 5.41) is 13.4. The number of alkyl halides is 3. The number of aromatic carboxylic acids is 1. The molecule has 0 amide bonds. The summed E-state index contributed by atoms with van der Waals surface area (Å²) in [4.78, 5) is 13.6. The number of hydrogen-bond donors (Lipinski definition) is 1. The third-order valence-electron chi connectivity index (χ3n) is 4.86. The average molecular weight is 417 g/mol. The van der Waals surface area contributed by atoms with Crippen LogP contribution in [-0.2, 0) is 10.9 Å². The van der Waals surface area contributed by atoms with Gasteiger partial charge in [0.15, 0.2) is 5.69 Å². The number of rotatable bonds is 4. The number of carbonyl (C=O) groups is 1. The molecular weight excluding hydrogens is 399 g/mol. The fraction of sp³-hybridized carbons (Fsp3) is 0.238. The van der Waals surface area contributed by atoms with Gasteiger partial charge >= 0.3 is 12.1 Å². The third kappa shape index (κ3) is 4.02. The first-order valence-corrected chi connectivity index (χ1v) is 9.27. The lowest BCUT2D eigenvalue weighted by Crippen LogP contribution is -2.36. The summed E-state index contributed by atoms with van der Waals surface area (Å²) in [6.07, 6.45) is -4.52. The van der Waals surface area contributed by atoms with Gasteiger partial charge in [-0.2, -0.15) is 18.3 Å². The highest BCUT2D eigenvalue weighted by atomic mass is 19.4. The van der Waals surface area contributed by atoms with Gasteiger partial charge in [0.05, 0.1) is 30.2 Å². The summed E-state index contributed by atoms with van der Waals surface area (Å²) < 4.78 is 46.1. The molecule has 1 aromatic heterocycles. The Labute approximate surface area is 170 Å². The van der Waals surface area contributed by atoms with Gasteiger partial charge in [0, 0.05) is 24.3 Å². The maximum Gasteiger partial charge on any atom is 0.416 e. The fourth-order valence-electron chi connectivity index (χ4n) is 3.39. The van der Waals surface area contributed by atoms with E-state index >= 15 is 0 Å². The molecule has 0 unspecified atom stereocenters. The molecule has 1 fully saturated rings. The maximum atomic E-state index is 13.2. The van der Waals surface area contributed by atoms with Crippen LogP contribution in [0.1, 0.15) is 16.1 Å². The van der Waals surface area contributed by atoms with E-state index in [1.807, 2.05) is 18.2 Å². The Morgan fingerprint density at radius 2 is 1.70 bits per heavy atom. The molecule has 30 heavy (non-hydrogen) atoms. The number of hydrogen-bond acceptors (Lipinski definition) is 4. The van der Waals surface area contributed by atoms with Gasteiger partial charge in [-0.05, 0) is 36.4 Å². The van der Waals surface area contributed by atoms with Crippen molar-refractivity contribution in [3.05, 3.63) is 65.9 Å². The second-order valence-electron chi connectivity index (χ2n) is 6.83. The summed E-state index contributed by atoms with van der Waals surface area (Å²) >= 11 is 0. The number of nitrogens with zero attached hydrogens (tertiary/aromatic N) is 3. The second kappa shape index (κ2) is 7.83. The van der Waals surface area contributed by atoms with Gasteiger partial charge in [0.1, 0.15) is 0 Å². The van der Waals surface area contributed by atoms with Crippen LogP contribution in [0.3, 0.4) is 0 Å². The van der Waals surface area contributed by atoms with Crippen molar-refractivity contribution in [2.75, 3.05) is 31.2 Å². The van der Waals surface area contributed by atoms with Crippen molar-refractivity contribution >= 4 is 11.7 Å². The minimum atomic E-state index is -4.52. The van der Waals surface area contributed by atoms with Gasteiger partial charge in [-0.1, -0.05) is 18.2 Å². The van der Waals surface area contributed by atoms with Crippen molar-refractivity contribution in [3.8, 4) is 16.9 Å². The smallest absolute Gasteiger partial charge is 0.416 e. The van der Waals surface area contributed by atoms with Gasteiger partial charge in [-0.25, -0.2) is 9.48 Å². The van der Waals surface area contributed by atoms with Crippen LogP contribution in [0.15, 0.2) is 54.6 Å². The second-order valence-corrected chi connectivity index (χ2v) is 6.83. The number of ether oxygens (including phenoxy) is 1. The van der Waals surface area contributed by atoms with Crippen molar-refractivity contribution in [2.45, 2.75) is 6.18 Å². The van der Waals surface area contributed by atoms with Crippen molar-refractivity contribution in [1.82, 2.24) is 9.78 Å². The van der Waals surface area contributed by atoms with Crippen LogP contribution in [-0.4, -0.2) is 47.2 Å². The lowest BCUT2D eigenvalue weighted by Gasteiger charge is -2.29. The largest absolute Gasteiger partial charge is 0.476 e. The van der Waals surface area contributed by atoms with Crippen LogP contribution in [0, 0.1) is 0 Å². The van der Waals surface area contributed by atoms with E-state index in [0.717, 1.165) is 30.9 Å². The summed E-state index contributed by atoms with van der Waals surface area (Å²) in [7, 11) is 0. The minimum Gasteiger partial charge on any atom is -0.476 e. The highest BCUT2D eigenvalue weighted by molar-refractivity contribution is 5.87. The van der Waals surface area contributed by atoms with Crippen molar-refractivity contribution < 1.29 is 27.8 Å². The van der Waals surface area contributed by atoms with E-state index < -0.39 is 17.7 Å². The number of carboxylic acids is 1. The van der Waals surface area contributed by atoms with E-state index in [1.54, 1.807) is 6.07 Å². The van der Waals surface area contributed by atoms with Crippen LogP contribution in [0.2, 0.25) is 0 Å². The number of morpholine rings is 1. The zero-order chi connectivity index (χ0) is 21.3. The Balaban J connectivity index is 1.80. The quantitative estimate of drug-likeness (QED) is 0.693. The molecule has 1 N–H and O–H groups in total. The van der Waals surface area contributed by atoms with Crippen molar-refractivity contribution in [3.63, 3.8) is 0 Å². The lowest BCUT2D eigenvalue weighted by atomic mass is 10.1. The van der Waals surface area contributed by atoms with Crippen LogP contribution >= 0.6 is 0 Å². The Bertz CT molecular complexity index is 1070. The highest BCUT2D eigenvalue weighted by Gasteiger charge is 2.31. The SMILES string of the molecule is O=C(O)c1cc(-c2cccc(N3CCOCC3)c2)n(-c2cccc(C(F)(F)F)c2)n1. The number of anilines is 1. The van der Waals surface area contributed by atoms with Crippen LogP contribution in [0.5, 0.6) is 0 Å². The van der Waals surface area contributed by atoms with E-state index in [4.69, 9.17) is 4.74 Å². The molecule has 2 heterocycles. The van der Waals surface area contributed by atoms with Crippen LogP contribution in [0.25, 0.3) is 16.9 Å². The number of halogens is 3. The molecule has 1 aliphatic heterocycles. The normalized spacial score (nSPS) is 14.7. The van der Waals surface area contributed by atoms with E-state index in [0.29, 0.717) is 24.5 Å². The molecule has 3 aromatic rings. The molecule has 4 rings (SSSR count). The molecule has 0 aliphatic carbocycles. The summed E-state index contributed by atoms with van der Waals surface area (Å²) in [5.74, 6) is -1.26. The van der Waals surface area contributed by atoms with Gasteiger partial charge in [0.2, 0.25) is 0 Å². The molecule has 0 radical (unpaired) electrons. The van der Waals surface area contributed by atoms with Crippen LogP contribution in [0.4, 0.5) is 18.9 Å². The fourth-order valence-corrected chi connectivity index (χ4v) is 3.39. The first kappa shape index (κ1) is 20.0. The molecule has 0 atom stereocenters. The van der Waals surface area contributed by atoms with E-state index in [-0.39, 0.29) is 11.4 Å². The summed E-state index contributed by atoms with van der Waals surface area (Å²) in [6, 6.07) is 13.4. The van der Waals surface area contributed by atoms with Crippen molar-refractivity contribution in [2.24, 2.45) is 0 Å². The third-order valence-corrected chi connectivity index (χ3v) is 4.86. The number of aromatic nitrogens is 2. The van der Waals surface area contributed by atoms with Gasteiger partial charge < -0.3 is 14.7 Å². The Kier molecular flexibility index (Phi) is 5.21.